The molecule has 0 spiro atoms. The third-order valence-electron chi connectivity index (χ3n) is 4.29. The number of rotatable bonds is 5. The molecule has 0 saturated carbocycles. The van der Waals surface area contributed by atoms with E-state index in [4.69, 9.17) is 16.3 Å². The first kappa shape index (κ1) is 23.6. The van der Waals surface area contributed by atoms with Gasteiger partial charge in [0.25, 0.3) is 5.91 Å². The normalized spacial score (nSPS) is 11.4. The number of hydrogen-bond acceptors (Lipinski definition) is 4. The van der Waals surface area contributed by atoms with Gasteiger partial charge in [-0.25, -0.2) is 4.79 Å². The second-order valence-corrected chi connectivity index (χ2v) is 7.05. The van der Waals surface area contributed by atoms with Gasteiger partial charge in [-0.05, 0) is 54.1 Å². The summed E-state index contributed by atoms with van der Waals surface area (Å²) in [5, 5.41) is 11.8. The molecular weight excluding hydrogens is 457 g/mol. The summed E-state index contributed by atoms with van der Waals surface area (Å²) in [5.74, 6) is -1.44. The van der Waals surface area contributed by atoms with Crippen LogP contribution in [0.5, 0.6) is 5.75 Å². The number of amides is 1. The summed E-state index contributed by atoms with van der Waals surface area (Å²) in [5.41, 5.74) is -0.885. The average molecular weight is 471 g/mol. The maximum Gasteiger partial charge on any atom is 0.416 e. The topological polar surface area (TPSA) is 79.2 Å². The van der Waals surface area contributed by atoms with Gasteiger partial charge in [0.1, 0.15) is 17.4 Å². The average Bonchev–Trinajstić information content (AvgIpc) is 2.77. The minimum Gasteiger partial charge on any atom is -0.423 e. The van der Waals surface area contributed by atoms with Crippen LogP contribution < -0.4 is 10.1 Å². The Kier molecular flexibility index (Phi) is 7.16. The molecule has 0 heterocycles. The minimum absolute atomic E-state index is 0.113. The molecule has 0 aliphatic rings. The predicted molar refractivity (Wildman–Crippen MR) is 117 cm³/mol. The van der Waals surface area contributed by atoms with Gasteiger partial charge in [-0.3, -0.25) is 4.79 Å². The lowest BCUT2D eigenvalue weighted by Gasteiger charge is -2.09. The number of ether oxygens (including phenoxy) is 1. The molecule has 9 heteroatoms. The summed E-state index contributed by atoms with van der Waals surface area (Å²) in [6, 6.07) is 18.1. The standard InChI is InChI=1S/C24H14ClF3N2O3/c25-21-10-2-1-9-20(21)23(32)33-19-8-3-5-15(12-19)11-16(14-29)22(31)30-18-7-4-6-17(13-18)24(26,27)28/h1-13H,(H,30,31)/b16-11+. The molecule has 0 radical (unpaired) electrons. The molecule has 3 aromatic rings. The zero-order valence-electron chi connectivity index (χ0n) is 16.7. The van der Waals surface area contributed by atoms with E-state index >= 15 is 0 Å². The van der Waals surface area contributed by atoms with E-state index in [-0.39, 0.29) is 27.6 Å². The highest BCUT2D eigenvalue weighted by Gasteiger charge is 2.30. The fourth-order valence-corrected chi connectivity index (χ4v) is 2.96. The second kappa shape index (κ2) is 10.0. The Morgan fingerprint density at radius 1 is 1.00 bits per heavy atom. The van der Waals surface area contributed by atoms with Crippen molar-refractivity contribution in [3.8, 4) is 11.8 Å². The summed E-state index contributed by atoms with van der Waals surface area (Å²) in [6.45, 7) is 0. The summed E-state index contributed by atoms with van der Waals surface area (Å²) in [4.78, 5) is 24.7. The Balaban J connectivity index is 1.77. The molecule has 1 N–H and O–H groups in total. The van der Waals surface area contributed by atoms with E-state index < -0.39 is 23.6 Å². The molecule has 1 amide bonds. The van der Waals surface area contributed by atoms with Crippen molar-refractivity contribution >= 4 is 35.2 Å². The van der Waals surface area contributed by atoms with Crippen LogP contribution in [0.1, 0.15) is 21.5 Å². The summed E-state index contributed by atoms with van der Waals surface area (Å²) < 4.78 is 43.9. The van der Waals surface area contributed by atoms with Crippen LogP contribution in [0.15, 0.2) is 78.4 Å². The molecule has 33 heavy (non-hydrogen) atoms. The van der Waals surface area contributed by atoms with Crippen molar-refractivity contribution in [1.82, 2.24) is 0 Å². The number of alkyl halides is 3. The molecule has 0 fully saturated rings. The van der Waals surface area contributed by atoms with E-state index in [1.165, 1.54) is 30.3 Å². The highest BCUT2D eigenvalue weighted by atomic mass is 35.5. The van der Waals surface area contributed by atoms with E-state index in [0.717, 1.165) is 18.2 Å². The predicted octanol–water partition coefficient (Wildman–Crippen LogP) is 6.12. The van der Waals surface area contributed by atoms with Gasteiger partial charge in [0.15, 0.2) is 0 Å². The Hall–Kier alpha value is -4.09. The number of anilines is 1. The van der Waals surface area contributed by atoms with Gasteiger partial charge in [-0.15, -0.1) is 0 Å². The number of esters is 1. The summed E-state index contributed by atoms with van der Waals surface area (Å²) in [7, 11) is 0. The van der Waals surface area contributed by atoms with Crippen LogP contribution in [0, 0.1) is 11.3 Å². The minimum atomic E-state index is -4.57. The number of hydrogen-bond donors (Lipinski definition) is 1. The second-order valence-electron chi connectivity index (χ2n) is 6.64. The van der Waals surface area contributed by atoms with Crippen LogP contribution in [0.2, 0.25) is 5.02 Å². The van der Waals surface area contributed by atoms with E-state index in [2.05, 4.69) is 5.32 Å². The first-order valence-corrected chi connectivity index (χ1v) is 9.72. The maximum atomic E-state index is 12.9. The molecule has 0 aromatic heterocycles. The molecule has 0 unspecified atom stereocenters. The lowest BCUT2D eigenvalue weighted by molar-refractivity contribution is -0.137. The number of carbonyl (C=O) groups is 2. The number of nitrogens with one attached hydrogen (secondary N) is 1. The Labute approximate surface area is 191 Å². The lowest BCUT2D eigenvalue weighted by atomic mass is 10.1. The smallest absolute Gasteiger partial charge is 0.416 e. The SMILES string of the molecule is N#C/C(=C\c1cccc(OC(=O)c2ccccc2Cl)c1)C(=O)Nc1cccc(C(F)(F)F)c1. The number of nitriles is 1. The molecule has 3 rings (SSSR count). The Morgan fingerprint density at radius 2 is 1.73 bits per heavy atom. The fraction of sp³-hybridized carbons (Fsp3) is 0.0417. The van der Waals surface area contributed by atoms with E-state index in [1.807, 2.05) is 0 Å². The third-order valence-corrected chi connectivity index (χ3v) is 4.62. The fourth-order valence-electron chi connectivity index (χ4n) is 2.74. The van der Waals surface area contributed by atoms with Crippen molar-refractivity contribution in [3.63, 3.8) is 0 Å². The van der Waals surface area contributed by atoms with Crippen molar-refractivity contribution < 1.29 is 27.5 Å². The molecule has 0 aliphatic carbocycles. The van der Waals surface area contributed by atoms with Gasteiger partial charge in [-0.1, -0.05) is 41.9 Å². The number of benzene rings is 3. The first-order valence-electron chi connectivity index (χ1n) is 9.34. The van der Waals surface area contributed by atoms with Crippen LogP contribution >= 0.6 is 11.6 Å². The molecule has 0 atom stereocenters. The van der Waals surface area contributed by atoms with Gasteiger partial charge >= 0.3 is 12.1 Å². The molecule has 0 bridgehead atoms. The van der Waals surface area contributed by atoms with Crippen LogP contribution in [-0.4, -0.2) is 11.9 Å². The summed E-state index contributed by atoms with van der Waals surface area (Å²) >= 11 is 5.99. The van der Waals surface area contributed by atoms with Crippen molar-refractivity contribution in [2.24, 2.45) is 0 Å². The van der Waals surface area contributed by atoms with Crippen molar-refractivity contribution in [2.45, 2.75) is 6.18 Å². The molecule has 0 saturated heterocycles. The number of carbonyl (C=O) groups excluding carboxylic acids is 2. The van der Waals surface area contributed by atoms with E-state index in [9.17, 15) is 28.0 Å². The van der Waals surface area contributed by atoms with Gasteiger partial charge in [0.2, 0.25) is 0 Å². The highest BCUT2D eigenvalue weighted by molar-refractivity contribution is 6.33. The van der Waals surface area contributed by atoms with Crippen molar-refractivity contribution in [2.75, 3.05) is 5.32 Å². The monoisotopic (exact) mass is 470 g/mol. The third kappa shape index (κ3) is 6.21. The van der Waals surface area contributed by atoms with Crippen LogP contribution in [0.25, 0.3) is 6.08 Å². The van der Waals surface area contributed by atoms with E-state index in [1.54, 1.807) is 36.4 Å². The largest absolute Gasteiger partial charge is 0.423 e. The van der Waals surface area contributed by atoms with Crippen LogP contribution in [0.4, 0.5) is 18.9 Å². The molecule has 5 nitrogen and oxygen atoms in total. The summed E-state index contributed by atoms with van der Waals surface area (Å²) in [6.07, 6.45) is -3.35. The molecule has 166 valence electrons. The van der Waals surface area contributed by atoms with Gasteiger partial charge in [0, 0.05) is 5.69 Å². The van der Waals surface area contributed by atoms with Gasteiger partial charge < -0.3 is 10.1 Å². The first-order chi connectivity index (χ1) is 15.7. The zero-order chi connectivity index (χ0) is 24.0. The van der Waals surface area contributed by atoms with Crippen molar-refractivity contribution in [1.29, 1.82) is 5.26 Å². The maximum absolute atomic E-state index is 12.9. The quantitative estimate of drug-likeness (QED) is 0.211. The Morgan fingerprint density at radius 3 is 2.42 bits per heavy atom. The number of halogens is 4. The molecular formula is C24H14ClF3N2O3. The van der Waals surface area contributed by atoms with Crippen LogP contribution in [-0.2, 0) is 11.0 Å². The molecule has 3 aromatic carbocycles. The zero-order valence-corrected chi connectivity index (χ0v) is 17.4. The van der Waals surface area contributed by atoms with Gasteiger partial charge in [-0.2, -0.15) is 18.4 Å². The van der Waals surface area contributed by atoms with Crippen LogP contribution in [0.3, 0.4) is 0 Å². The van der Waals surface area contributed by atoms with E-state index in [0.29, 0.717) is 5.56 Å². The lowest BCUT2D eigenvalue weighted by Crippen LogP contribution is -2.14. The van der Waals surface area contributed by atoms with Crippen molar-refractivity contribution in [3.05, 3.63) is 100 Å². The molecule has 0 aliphatic heterocycles. The number of nitrogens with zero attached hydrogens (tertiary/aromatic N) is 1. The van der Waals surface area contributed by atoms with Gasteiger partial charge in [0.05, 0.1) is 16.1 Å². The highest BCUT2D eigenvalue weighted by Crippen LogP contribution is 2.30. The Bertz CT molecular complexity index is 1280.